The minimum Gasteiger partial charge on any atom is -0.347 e. The molecule has 0 fully saturated rings. The molecule has 0 saturated heterocycles. The summed E-state index contributed by atoms with van der Waals surface area (Å²) in [6.07, 6.45) is 2.74. The van der Waals surface area contributed by atoms with Crippen LogP contribution in [0.4, 0.5) is 5.69 Å². The maximum absolute atomic E-state index is 12.5. The van der Waals surface area contributed by atoms with Gasteiger partial charge >= 0.3 is 0 Å². The number of sulfone groups is 1. The maximum Gasteiger partial charge on any atom is 0.243 e. The smallest absolute Gasteiger partial charge is 0.243 e. The molecule has 0 saturated carbocycles. The average Bonchev–Trinajstić information content (AvgIpc) is 3.14. The predicted molar refractivity (Wildman–Crippen MR) is 111 cm³/mol. The Labute approximate surface area is 172 Å². The molecule has 2 amide bonds. The Bertz CT molecular complexity index is 988. The molecular formula is C20H21BrN2O4S. The number of benzene rings is 2. The van der Waals surface area contributed by atoms with E-state index in [1.807, 2.05) is 6.07 Å². The van der Waals surface area contributed by atoms with Gasteiger partial charge in [0, 0.05) is 16.6 Å². The normalized spacial score (nSPS) is 13.0. The second kappa shape index (κ2) is 8.87. The molecule has 2 N–H and O–H groups in total. The van der Waals surface area contributed by atoms with Gasteiger partial charge in [-0.15, -0.1) is 0 Å². The first-order valence-corrected chi connectivity index (χ1v) is 11.4. The van der Waals surface area contributed by atoms with Gasteiger partial charge < -0.3 is 10.6 Å². The van der Waals surface area contributed by atoms with Crippen molar-refractivity contribution in [2.75, 3.05) is 17.6 Å². The molecular weight excluding hydrogens is 444 g/mol. The molecule has 1 aliphatic rings. The predicted octanol–water partition coefficient (Wildman–Crippen LogP) is 2.86. The summed E-state index contributed by atoms with van der Waals surface area (Å²) in [5.74, 6) is -1.14. The number of rotatable bonds is 7. The van der Waals surface area contributed by atoms with Crippen LogP contribution in [0.5, 0.6) is 0 Å². The minimum absolute atomic E-state index is 0.190. The van der Waals surface area contributed by atoms with Crippen molar-refractivity contribution in [3.05, 3.63) is 58.1 Å². The van der Waals surface area contributed by atoms with Crippen LogP contribution in [0, 0.1) is 0 Å². The molecule has 0 bridgehead atoms. The molecule has 6 nitrogen and oxygen atoms in total. The fraction of sp³-hybridized carbons (Fsp3) is 0.300. The fourth-order valence-corrected chi connectivity index (χ4v) is 4.64. The highest BCUT2D eigenvalue weighted by Crippen LogP contribution is 2.25. The van der Waals surface area contributed by atoms with Crippen LogP contribution >= 0.6 is 15.9 Å². The van der Waals surface area contributed by atoms with Crippen molar-refractivity contribution in [1.29, 1.82) is 0 Å². The van der Waals surface area contributed by atoms with Crippen molar-refractivity contribution in [3.63, 3.8) is 0 Å². The zero-order valence-electron chi connectivity index (χ0n) is 15.2. The topological polar surface area (TPSA) is 92.3 Å². The number of amides is 2. The quantitative estimate of drug-likeness (QED) is 0.658. The molecule has 8 heteroatoms. The van der Waals surface area contributed by atoms with Crippen molar-refractivity contribution < 1.29 is 18.0 Å². The first-order chi connectivity index (χ1) is 13.3. The van der Waals surface area contributed by atoms with Crippen LogP contribution < -0.4 is 10.6 Å². The van der Waals surface area contributed by atoms with Crippen LogP contribution in [0.3, 0.4) is 0 Å². The summed E-state index contributed by atoms with van der Waals surface area (Å²) in [4.78, 5) is 24.1. The van der Waals surface area contributed by atoms with Gasteiger partial charge in [-0.2, -0.15) is 0 Å². The number of fused-ring (bicyclic) bond motifs is 1. The Morgan fingerprint density at radius 1 is 0.964 bits per heavy atom. The fourth-order valence-electron chi connectivity index (χ4n) is 3.09. The molecule has 0 atom stereocenters. The van der Waals surface area contributed by atoms with Crippen molar-refractivity contribution in [3.8, 4) is 0 Å². The Hall–Kier alpha value is -2.19. The number of anilines is 1. The molecule has 0 unspecified atom stereocenters. The zero-order valence-corrected chi connectivity index (χ0v) is 17.6. The molecule has 28 heavy (non-hydrogen) atoms. The SMILES string of the molecule is O=C(CCS(=O)(=O)c1ccc2c(c1)CCC2)NCC(=O)Nc1ccc(Br)cc1. The number of hydrogen-bond donors (Lipinski definition) is 2. The van der Waals surface area contributed by atoms with E-state index in [1.54, 1.807) is 36.4 Å². The largest absolute Gasteiger partial charge is 0.347 e. The lowest BCUT2D eigenvalue weighted by atomic mass is 10.1. The lowest BCUT2D eigenvalue weighted by Crippen LogP contribution is -2.33. The summed E-state index contributed by atoms with van der Waals surface area (Å²) in [5, 5.41) is 5.11. The molecule has 0 radical (unpaired) electrons. The Morgan fingerprint density at radius 3 is 2.43 bits per heavy atom. The first-order valence-electron chi connectivity index (χ1n) is 9.00. The molecule has 2 aromatic rings. The van der Waals surface area contributed by atoms with Gasteiger partial charge in [0.15, 0.2) is 9.84 Å². The lowest BCUT2D eigenvalue weighted by molar-refractivity contribution is -0.123. The van der Waals surface area contributed by atoms with Crippen LogP contribution in [-0.2, 0) is 32.3 Å². The third-order valence-electron chi connectivity index (χ3n) is 4.60. The maximum atomic E-state index is 12.5. The van der Waals surface area contributed by atoms with Gasteiger partial charge in [0.2, 0.25) is 11.8 Å². The third kappa shape index (κ3) is 5.42. The van der Waals surface area contributed by atoms with E-state index in [0.29, 0.717) is 5.69 Å². The Balaban J connectivity index is 1.47. The van der Waals surface area contributed by atoms with Crippen LogP contribution in [0.15, 0.2) is 51.8 Å². The van der Waals surface area contributed by atoms with Crippen molar-refractivity contribution in [2.24, 2.45) is 0 Å². The highest BCUT2D eigenvalue weighted by atomic mass is 79.9. The molecule has 2 aromatic carbocycles. The summed E-state index contributed by atoms with van der Waals surface area (Å²) in [6.45, 7) is -0.214. The summed E-state index contributed by atoms with van der Waals surface area (Å²) in [5.41, 5.74) is 2.89. The minimum atomic E-state index is -3.53. The number of aryl methyl sites for hydroxylation is 2. The van der Waals surface area contributed by atoms with Crippen molar-refractivity contribution in [2.45, 2.75) is 30.6 Å². The van der Waals surface area contributed by atoms with E-state index in [-0.39, 0.29) is 29.5 Å². The summed E-state index contributed by atoms with van der Waals surface area (Å²) < 4.78 is 25.9. The molecule has 3 rings (SSSR count). The monoisotopic (exact) mass is 464 g/mol. The van der Waals surface area contributed by atoms with E-state index in [1.165, 1.54) is 5.56 Å². The van der Waals surface area contributed by atoms with E-state index < -0.39 is 15.7 Å². The van der Waals surface area contributed by atoms with Gasteiger partial charge in [-0.25, -0.2) is 8.42 Å². The third-order valence-corrected chi connectivity index (χ3v) is 6.84. The summed E-state index contributed by atoms with van der Waals surface area (Å²) >= 11 is 3.31. The molecule has 1 aliphatic carbocycles. The van der Waals surface area contributed by atoms with Crippen LogP contribution in [0.1, 0.15) is 24.0 Å². The van der Waals surface area contributed by atoms with Gasteiger partial charge in [0.1, 0.15) is 0 Å². The van der Waals surface area contributed by atoms with E-state index >= 15 is 0 Å². The summed E-state index contributed by atoms with van der Waals surface area (Å²) in [7, 11) is -3.53. The van der Waals surface area contributed by atoms with Gasteiger partial charge in [0.25, 0.3) is 0 Å². The van der Waals surface area contributed by atoms with Crippen molar-refractivity contribution in [1.82, 2.24) is 5.32 Å². The standard InChI is InChI=1S/C20H21BrN2O4S/c21-16-5-7-17(8-6-16)23-20(25)13-22-19(24)10-11-28(26,27)18-9-4-14-2-1-3-15(14)12-18/h4-9,12H,1-3,10-11,13H2,(H,22,24)(H,23,25). The molecule has 148 valence electrons. The van der Waals surface area contributed by atoms with Gasteiger partial charge in [-0.05, 0) is 66.8 Å². The van der Waals surface area contributed by atoms with E-state index in [4.69, 9.17) is 0 Å². The average molecular weight is 465 g/mol. The second-order valence-electron chi connectivity index (χ2n) is 6.68. The van der Waals surface area contributed by atoms with Gasteiger partial charge in [0.05, 0.1) is 17.2 Å². The van der Waals surface area contributed by atoms with Crippen LogP contribution in [-0.4, -0.2) is 32.5 Å². The Morgan fingerprint density at radius 2 is 1.68 bits per heavy atom. The highest BCUT2D eigenvalue weighted by Gasteiger charge is 2.20. The first kappa shape index (κ1) is 20.5. The molecule has 0 spiro atoms. The number of halogens is 1. The number of nitrogens with one attached hydrogen (secondary N) is 2. The number of carbonyl (C=O) groups is 2. The summed E-state index contributed by atoms with van der Waals surface area (Å²) in [6, 6.07) is 12.2. The van der Waals surface area contributed by atoms with Gasteiger partial charge in [-0.3, -0.25) is 9.59 Å². The van der Waals surface area contributed by atoms with E-state index in [2.05, 4.69) is 26.6 Å². The van der Waals surface area contributed by atoms with Gasteiger partial charge in [-0.1, -0.05) is 22.0 Å². The number of carbonyl (C=O) groups excluding carboxylic acids is 2. The van der Waals surface area contributed by atoms with E-state index in [9.17, 15) is 18.0 Å². The molecule has 0 aliphatic heterocycles. The highest BCUT2D eigenvalue weighted by molar-refractivity contribution is 9.10. The lowest BCUT2D eigenvalue weighted by Gasteiger charge is -2.09. The number of hydrogen-bond acceptors (Lipinski definition) is 4. The Kier molecular flexibility index (Phi) is 6.51. The molecule has 0 heterocycles. The van der Waals surface area contributed by atoms with Crippen LogP contribution in [0.2, 0.25) is 0 Å². The van der Waals surface area contributed by atoms with E-state index in [0.717, 1.165) is 29.3 Å². The zero-order chi connectivity index (χ0) is 20.1. The van der Waals surface area contributed by atoms with Crippen molar-refractivity contribution >= 4 is 43.3 Å². The van der Waals surface area contributed by atoms with Crippen LogP contribution in [0.25, 0.3) is 0 Å². The molecule has 0 aromatic heterocycles. The second-order valence-corrected chi connectivity index (χ2v) is 9.71.